The van der Waals surface area contributed by atoms with Crippen LogP contribution < -0.4 is 0 Å². The van der Waals surface area contributed by atoms with Crippen LogP contribution in [-0.2, 0) is 11.3 Å². The monoisotopic (exact) mass is 223 g/mol. The number of aliphatic carboxylic acids is 1. The summed E-state index contributed by atoms with van der Waals surface area (Å²) in [5.41, 5.74) is 0. The van der Waals surface area contributed by atoms with Gasteiger partial charge in [-0.25, -0.2) is 4.98 Å². The minimum atomic E-state index is -0.741. The van der Waals surface area contributed by atoms with Gasteiger partial charge >= 0.3 is 5.97 Å². The molecular formula is C11H17N3O2. The van der Waals surface area contributed by atoms with Gasteiger partial charge in [0.25, 0.3) is 0 Å². The van der Waals surface area contributed by atoms with Crippen molar-refractivity contribution >= 4 is 5.97 Å². The van der Waals surface area contributed by atoms with Crippen LogP contribution in [0.4, 0.5) is 0 Å². The number of carboxylic acid groups (broad SMARTS) is 1. The van der Waals surface area contributed by atoms with Gasteiger partial charge in [0, 0.05) is 31.5 Å². The molecule has 0 saturated heterocycles. The van der Waals surface area contributed by atoms with Crippen LogP contribution in [0.15, 0.2) is 12.4 Å². The Morgan fingerprint density at radius 3 is 2.94 bits per heavy atom. The van der Waals surface area contributed by atoms with Crippen molar-refractivity contribution in [1.29, 1.82) is 0 Å². The Morgan fingerprint density at radius 2 is 2.44 bits per heavy atom. The lowest BCUT2D eigenvalue weighted by molar-refractivity contribution is -0.138. The lowest BCUT2D eigenvalue weighted by Crippen LogP contribution is -2.34. The Morgan fingerprint density at radius 1 is 1.69 bits per heavy atom. The Kier molecular flexibility index (Phi) is 3.24. The molecule has 1 aliphatic carbocycles. The Labute approximate surface area is 94.7 Å². The van der Waals surface area contributed by atoms with Gasteiger partial charge in [-0.05, 0) is 19.8 Å². The van der Waals surface area contributed by atoms with Crippen molar-refractivity contribution in [3.63, 3.8) is 0 Å². The molecular weight excluding hydrogens is 206 g/mol. The molecule has 1 fully saturated rings. The second-order valence-electron chi connectivity index (χ2n) is 4.26. The van der Waals surface area contributed by atoms with Gasteiger partial charge < -0.3 is 9.67 Å². The summed E-state index contributed by atoms with van der Waals surface area (Å²) in [6.07, 6.45) is 5.97. The third-order valence-corrected chi connectivity index (χ3v) is 2.95. The SMILES string of the molecule is Cc1nccn1CCN(CC(=O)O)C1CC1. The molecule has 0 spiro atoms. The lowest BCUT2D eigenvalue weighted by Gasteiger charge is -2.20. The molecule has 2 rings (SSSR count). The molecule has 0 bridgehead atoms. The van der Waals surface area contributed by atoms with E-state index < -0.39 is 5.97 Å². The van der Waals surface area contributed by atoms with Crippen molar-refractivity contribution in [1.82, 2.24) is 14.5 Å². The molecule has 0 amide bonds. The van der Waals surface area contributed by atoms with Crippen molar-refractivity contribution in [3.05, 3.63) is 18.2 Å². The van der Waals surface area contributed by atoms with E-state index in [1.165, 1.54) is 0 Å². The standard InChI is InChI=1S/C11H17N3O2/c1-9-12-4-5-13(9)6-7-14(8-11(15)16)10-2-3-10/h4-5,10H,2-3,6-8H2,1H3,(H,15,16). The number of aromatic nitrogens is 2. The van der Waals surface area contributed by atoms with E-state index in [1.807, 2.05) is 18.0 Å². The molecule has 5 heteroatoms. The normalized spacial score (nSPS) is 15.6. The zero-order chi connectivity index (χ0) is 11.5. The molecule has 1 aliphatic rings. The van der Waals surface area contributed by atoms with Crippen LogP contribution in [0, 0.1) is 6.92 Å². The number of rotatable bonds is 6. The summed E-state index contributed by atoms with van der Waals surface area (Å²) in [5, 5.41) is 8.81. The summed E-state index contributed by atoms with van der Waals surface area (Å²) in [5.74, 6) is 0.236. The lowest BCUT2D eigenvalue weighted by atomic mass is 10.4. The number of hydrogen-bond acceptors (Lipinski definition) is 3. The Balaban J connectivity index is 1.86. The van der Waals surface area contributed by atoms with Gasteiger partial charge in [0.15, 0.2) is 0 Å². The van der Waals surface area contributed by atoms with Crippen molar-refractivity contribution in [2.24, 2.45) is 0 Å². The average Bonchev–Trinajstić information content (AvgIpc) is 2.98. The van der Waals surface area contributed by atoms with Crippen LogP contribution in [0.5, 0.6) is 0 Å². The van der Waals surface area contributed by atoms with Gasteiger partial charge in [0.1, 0.15) is 5.82 Å². The van der Waals surface area contributed by atoms with Crippen LogP contribution in [0.2, 0.25) is 0 Å². The van der Waals surface area contributed by atoms with E-state index >= 15 is 0 Å². The molecule has 0 unspecified atom stereocenters. The summed E-state index contributed by atoms with van der Waals surface area (Å²) in [4.78, 5) is 16.9. The van der Waals surface area contributed by atoms with Crippen molar-refractivity contribution in [2.45, 2.75) is 32.4 Å². The fourth-order valence-corrected chi connectivity index (χ4v) is 1.88. The Bertz CT molecular complexity index is 371. The molecule has 1 aromatic heterocycles. The van der Waals surface area contributed by atoms with Crippen molar-refractivity contribution in [2.75, 3.05) is 13.1 Å². The van der Waals surface area contributed by atoms with E-state index in [4.69, 9.17) is 5.11 Å². The molecule has 0 aromatic carbocycles. The van der Waals surface area contributed by atoms with Gasteiger partial charge in [-0.15, -0.1) is 0 Å². The van der Waals surface area contributed by atoms with Crippen LogP contribution >= 0.6 is 0 Å². The summed E-state index contributed by atoms with van der Waals surface area (Å²) in [6.45, 7) is 3.71. The van der Waals surface area contributed by atoms with Gasteiger partial charge in [-0.2, -0.15) is 0 Å². The van der Waals surface area contributed by atoms with Crippen molar-refractivity contribution in [3.8, 4) is 0 Å². The first-order valence-electron chi connectivity index (χ1n) is 5.60. The van der Waals surface area contributed by atoms with Crippen LogP contribution in [0.1, 0.15) is 18.7 Å². The van der Waals surface area contributed by atoms with Gasteiger partial charge in [-0.1, -0.05) is 0 Å². The third kappa shape index (κ3) is 2.82. The summed E-state index contributed by atoms with van der Waals surface area (Å²) in [7, 11) is 0. The second-order valence-corrected chi connectivity index (χ2v) is 4.26. The van der Waals surface area contributed by atoms with E-state index in [9.17, 15) is 4.79 Å². The van der Waals surface area contributed by atoms with E-state index in [2.05, 4.69) is 9.55 Å². The molecule has 16 heavy (non-hydrogen) atoms. The smallest absolute Gasteiger partial charge is 0.317 e. The zero-order valence-electron chi connectivity index (χ0n) is 9.46. The molecule has 1 aromatic rings. The van der Waals surface area contributed by atoms with E-state index in [1.54, 1.807) is 6.20 Å². The molecule has 5 nitrogen and oxygen atoms in total. The van der Waals surface area contributed by atoms with Crippen LogP contribution in [-0.4, -0.2) is 44.7 Å². The highest BCUT2D eigenvalue weighted by atomic mass is 16.4. The molecule has 0 aliphatic heterocycles. The number of carboxylic acids is 1. The Hall–Kier alpha value is -1.36. The van der Waals surface area contributed by atoms with Crippen LogP contribution in [0.3, 0.4) is 0 Å². The fourth-order valence-electron chi connectivity index (χ4n) is 1.88. The van der Waals surface area contributed by atoms with Gasteiger partial charge in [0.05, 0.1) is 6.54 Å². The summed E-state index contributed by atoms with van der Waals surface area (Å²) in [6, 6.07) is 0.486. The molecule has 88 valence electrons. The summed E-state index contributed by atoms with van der Waals surface area (Å²) < 4.78 is 2.05. The predicted octanol–water partition coefficient (Wildman–Crippen LogP) is 0.741. The maximum atomic E-state index is 10.7. The zero-order valence-corrected chi connectivity index (χ0v) is 9.46. The molecule has 1 N–H and O–H groups in total. The first kappa shape index (κ1) is 11.1. The highest BCUT2D eigenvalue weighted by molar-refractivity contribution is 5.69. The highest BCUT2D eigenvalue weighted by Crippen LogP contribution is 2.26. The number of carbonyl (C=O) groups is 1. The largest absolute Gasteiger partial charge is 0.480 e. The number of nitrogens with zero attached hydrogens (tertiary/aromatic N) is 3. The van der Waals surface area contributed by atoms with Crippen LogP contribution in [0.25, 0.3) is 0 Å². The first-order chi connectivity index (χ1) is 7.66. The van der Waals surface area contributed by atoms with E-state index in [0.717, 1.165) is 31.8 Å². The van der Waals surface area contributed by atoms with Crippen molar-refractivity contribution < 1.29 is 9.90 Å². The fraction of sp³-hybridized carbons (Fsp3) is 0.636. The molecule has 0 radical (unpaired) electrons. The number of aryl methyl sites for hydroxylation is 1. The molecule has 1 saturated carbocycles. The number of hydrogen-bond donors (Lipinski definition) is 1. The topological polar surface area (TPSA) is 58.4 Å². The molecule has 1 heterocycles. The van der Waals surface area contributed by atoms with Gasteiger partial charge in [0.2, 0.25) is 0 Å². The van der Waals surface area contributed by atoms with E-state index in [0.29, 0.717) is 6.04 Å². The maximum Gasteiger partial charge on any atom is 0.317 e. The number of imidazole rings is 1. The minimum Gasteiger partial charge on any atom is -0.480 e. The summed E-state index contributed by atoms with van der Waals surface area (Å²) >= 11 is 0. The molecule has 0 atom stereocenters. The second kappa shape index (κ2) is 4.65. The van der Waals surface area contributed by atoms with Gasteiger partial charge in [-0.3, -0.25) is 9.69 Å². The predicted molar refractivity (Wildman–Crippen MR) is 59.2 cm³/mol. The minimum absolute atomic E-state index is 0.151. The van der Waals surface area contributed by atoms with E-state index in [-0.39, 0.29) is 6.54 Å². The third-order valence-electron chi connectivity index (χ3n) is 2.95. The highest BCUT2D eigenvalue weighted by Gasteiger charge is 2.29. The maximum absolute atomic E-state index is 10.7. The average molecular weight is 223 g/mol. The first-order valence-corrected chi connectivity index (χ1v) is 5.60. The quantitative estimate of drug-likeness (QED) is 0.772.